The van der Waals surface area contributed by atoms with E-state index >= 15 is 0 Å². The zero-order valence-corrected chi connectivity index (χ0v) is 11.3. The molecule has 0 radical (unpaired) electrons. The lowest BCUT2D eigenvalue weighted by Crippen LogP contribution is -2.38. The zero-order chi connectivity index (χ0) is 14.4. The summed E-state index contributed by atoms with van der Waals surface area (Å²) in [7, 11) is 1.72. The number of hydrogen-bond donors (Lipinski definition) is 1. The summed E-state index contributed by atoms with van der Waals surface area (Å²) in [6.45, 7) is 0.516. The number of nitrogens with one attached hydrogen (secondary N) is 1. The number of benzene rings is 2. The van der Waals surface area contributed by atoms with Crippen LogP contribution in [0.5, 0.6) is 0 Å². The topological polar surface area (TPSA) is 32.3 Å². The molecule has 2 aromatic rings. The normalized spacial score (nSPS) is 10.1. The molecule has 2 rings (SSSR count). The molecule has 0 saturated carbocycles. The van der Waals surface area contributed by atoms with Crippen molar-refractivity contribution in [2.45, 2.75) is 6.42 Å². The maximum Gasteiger partial charge on any atom is 0.321 e. The van der Waals surface area contributed by atoms with Crippen LogP contribution < -0.4 is 10.2 Å². The van der Waals surface area contributed by atoms with E-state index in [1.807, 2.05) is 30.3 Å². The molecule has 104 valence electrons. The minimum Gasteiger partial charge on any atom is -0.337 e. The van der Waals surface area contributed by atoms with Gasteiger partial charge in [-0.3, -0.25) is 4.90 Å². The highest BCUT2D eigenvalue weighted by atomic mass is 19.1. The number of halogens is 1. The number of rotatable bonds is 4. The number of amides is 2. The van der Waals surface area contributed by atoms with Crippen LogP contribution in [0.25, 0.3) is 0 Å². The molecule has 0 bridgehead atoms. The molecule has 2 amide bonds. The van der Waals surface area contributed by atoms with Crippen LogP contribution in [-0.2, 0) is 6.42 Å². The first kappa shape index (κ1) is 14.1. The van der Waals surface area contributed by atoms with Crippen LogP contribution in [0.4, 0.5) is 14.9 Å². The number of nitrogens with zero attached hydrogens (tertiary/aromatic N) is 1. The summed E-state index contributed by atoms with van der Waals surface area (Å²) in [5, 5.41) is 2.84. The predicted molar refractivity (Wildman–Crippen MR) is 78.3 cm³/mol. The van der Waals surface area contributed by atoms with Gasteiger partial charge in [0, 0.05) is 19.3 Å². The third-order valence-electron chi connectivity index (χ3n) is 3.05. The average molecular weight is 272 g/mol. The Morgan fingerprint density at radius 1 is 1.10 bits per heavy atom. The SMILES string of the molecule is CN(C(=O)NCCc1ccc(F)cc1)c1ccccc1. The van der Waals surface area contributed by atoms with Crippen LogP contribution in [0.3, 0.4) is 0 Å². The van der Waals surface area contributed by atoms with Crippen molar-refractivity contribution in [2.24, 2.45) is 0 Å². The first-order valence-electron chi connectivity index (χ1n) is 6.48. The fourth-order valence-electron chi connectivity index (χ4n) is 1.85. The lowest BCUT2D eigenvalue weighted by atomic mass is 10.1. The van der Waals surface area contributed by atoms with E-state index in [2.05, 4.69) is 5.32 Å². The second kappa shape index (κ2) is 6.70. The quantitative estimate of drug-likeness (QED) is 0.910. The Bertz CT molecular complexity index is 554. The summed E-state index contributed by atoms with van der Waals surface area (Å²) in [5.41, 5.74) is 1.83. The number of carbonyl (C=O) groups excluding carboxylic acids is 1. The van der Waals surface area contributed by atoms with Gasteiger partial charge < -0.3 is 5.32 Å². The van der Waals surface area contributed by atoms with Crippen molar-refractivity contribution in [3.63, 3.8) is 0 Å². The smallest absolute Gasteiger partial charge is 0.321 e. The average Bonchev–Trinajstić information content (AvgIpc) is 2.49. The summed E-state index contributed by atoms with van der Waals surface area (Å²) in [6, 6.07) is 15.6. The van der Waals surface area contributed by atoms with Crippen molar-refractivity contribution in [3.05, 3.63) is 66.0 Å². The second-order valence-corrected chi connectivity index (χ2v) is 4.50. The van der Waals surface area contributed by atoms with E-state index in [-0.39, 0.29) is 11.8 Å². The van der Waals surface area contributed by atoms with Crippen LogP contribution in [0, 0.1) is 5.82 Å². The number of para-hydroxylation sites is 1. The van der Waals surface area contributed by atoms with Gasteiger partial charge in [-0.2, -0.15) is 0 Å². The molecule has 0 aliphatic heterocycles. The van der Waals surface area contributed by atoms with Crippen LogP contribution >= 0.6 is 0 Å². The van der Waals surface area contributed by atoms with Crippen LogP contribution in [0.1, 0.15) is 5.56 Å². The van der Waals surface area contributed by atoms with E-state index in [4.69, 9.17) is 0 Å². The van der Waals surface area contributed by atoms with Crippen molar-refractivity contribution < 1.29 is 9.18 Å². The molecule has 20 heavy (non-hydrogen) atoms. The highest BCUT2D eigenvalue weighted by Crippen LogP contribution is 2.10. The molecule has 2 aromatic carbocycles. The predicted octanol–water partition coefficient (Wildman–Crippen LogP) is 3.21. The standard InChI is InChI=1S/C16H17FN2O/c1-19(15-5-3-2-4-6-15)16(20)18-12-11-13-7-9-14(17)10-8-13/h2-10H,11-12H2,1H3,(H,18,20). The van der Waals surface area contributed by atoms with E-state index < -0.39 is 0 Å². The molecule has 0 heterocycles. The van der Waals surface area contributed by atoms with E-state index in [0.29, 0.717) is 13.0 Å². The lowest BCUT2D eigenvalue weighted by Gasteiger charge is -2.17. The second-order valence-electron chi connectivity index (χ2n) is 4.50. The van der Waals surface area contributed by atoms with Gasteiger partial charge in [-0.15, -0.1) is 0 Å². The molecule has 0 aliphatic carbocycles. The minimum absolute atomic E-state index is 0.154. The van der Waals surface area contributed by atoms with Crippen LogP contribution in [0.2, 0.25) is 0 Å². The highest BCUT2D eigenvalue weighted by Gasteiger charge is 2.09. The molecular formula is C16H17FN2O. The lowest BCUT2D eigenvalue weighted by molar-refractivity contribution is 0.247. The number of urea groups is 1. The summed E-state index contributed by atoms with van der Waals surface area (Å²) in [5.74, 6) is -0.249. The van der Waals surface area contributed by atoms with E-state index in [1.165, 1.54) is 12.1 Å². The Labute approximate surface area is 118 Å². The summed E-state index contributed by atoms with van der Waals surface area (Å²) in [6.07, 6.45) is 0.675. The van der Waals surface area contributed by atoms with E-state index in [1.54, 1.807) is 24.1 Å². The fourth-order valence-corrected chi connectivity index (χ4v) is 1.85. The Balaban J connectivity index is 1.82. The summed E-state index contributed by atoms with van der Waals surface area (Å²) in [4.78, 5) is 13.5. The maximum absolute atomic E-state index is 12.8. The van der Waals surface area contributed by atoms with Gasteiger partial charge in [-0.05, 0) is 36.2 Å². The molecule has 0 unspecified atom stereocenters. The molecule has 0 saturated heterocycles. The Morgan fingerprint density at radius 3 is 2.40 bits per heavy atom. The molecular weight excluding hydrogens is 255 g/mol. The first-order chi connectivity index (χ1) is 9.66. The molecule has 1 N–H and O–H groups in total. The fraction of sp³-hybridized carbons (Fsp3) is 0.188. The highest BCUT2D eigenvalue weighted by molar-refractivity contribution is 5.91. The molecule has 0 spiro atoms. The summed E-state index contributed by atoms with van der Waals surface area (Å²) < 4.78 is 12.8. The number of hydrogen-bond acceptors (Lipinski definition) is 1. The van der Waals surface area contributed by atoms with Gasteiger partial charge in [-0.1, -0.05) is 30.3 Å². The molecule has 0 atom stereocenters. The molecule has 0 aliphatic rings. The number of anilines is 1. The van der Waals surface area contributed by atoms with Crippen molar-refractivity contribution in [3.8, 4) is 0 Å². The van der Waals surface area contributed by atoms with Gasteiger partial charge in [0.05, 0.1) is 0 Å². The largest absolute Gasteiger partial charge is 0.337 e. The zero-order valence-electron chi connectivity index (χ0n) is 11.3. The maximum atomic E-state index is 12.8. The van der Waals surface area contributed by atoms with Crippen LogP contribution in [0.15, 0.2) is 54.6 Å². The number of carbonyl (C=O) groups is 1. The monoisotopic (exact) mass is 272 g/mol. The van der Waals surface area contributed by atoms with Gasteiger partial charge in [0.15, 0.2) is 0 Å². The van der Waals surface area contributed by atoms with Gasteiger partial charge >= 0.3 is 6.03 Å². The van der Waals surface area contributed by atoms with Crippen molar-refractivity contribution in [1.29, 1.82) is 0 Å². The Hall–Kier alpha value is -2.36. The van der Waals surface area contributed by atoms with Crippen LogP contribution in [-0.4, -0.2) is 19.6 Å². The van der Waals surface area contributed by atoms with Crippen molar-refractivity contribution in [1.82, 2.24) is 5.32 Å². The Morgan fingerprint density at radius 2 is 1.75 bits per heavy atom. The first-order valence-corrected chi connectivity index (χ1v) is 6.48. The molecule has 3 nitrogen and oxygen atoms in total. The summed E-state index contributed by atoms with van der Waals surface area (Å²) >= 11 is 0. The van der Waals surface area contributed by atoms with Crippen molar-refractivity contribution in [2.75, 3.05) is 18.5 Å². The van der Waals surface area contributed by atoms with Crippen molar-refractivity contribution >= 4 is 11.7 Å². The van der Waals surface area contributed by atoms with Gasteiger partial charge in [0.2, 0.25) is 0 Å². The van der Waals surface area contributed by atoms with Gasteiger partial charge in [0.25, 0.3) is 0 Å². The molecule has 0 aromatic heterocycles. The minimum atomic E-state index is -0.249. The van der Waals surface area contributed by atoms with Gasteiger partial charge in [0.1, 0.15) is 5.82 Å². The third-order valence-corrected chi connectivity index (χ3v) is 3.05. The molecule has 4 heteroatoms. The van der Waals surface area contributed by atoms with Gasteiger partial charge in [-0.25, -0.2) is 9.18 Å². The Kier molecular flexibility index (Phi) is 4.71. The van der Waals surface area contributed by atoms with E-state index in [9.17, 15) is 9.18 Å². The molecule has 0 fully saturated rings. The van der Waals surface area contributed by atoms with E-state index in [0.717, 1.165) is 11.3 Å². The third kappa shape index (κ3) is 3.82.